The number of aliphatic imine (C=N–C) groups is 2. The number of sulfone groups is 1. The molecule has 18 heteroatoms. The number of aromatic nitrogens is 4. The molecule has 2 aliphatic heterocycles. The fourth-order valence-electron chi connectivity index (χ4n) is 11.5. The van der Waals surface area contributed by atoms with Crippen molar-refractivity contribution < 1.29 is 27.2 Å². The first-order chi connectivity index (χ1) is 31.8. The number of H-pyrrole nitrogens is 2. The highest BCUT2D eigenvalue weighted by atomic mass is 32.2. The van der Waals surface area contributed by atoms with Gasteiger partial charge >= 0.3 is 12.1 Å². The Morgan fingerprint density at radius 2 is 1.11 bits per heavy atom. The zero-order chi connectivity index (χ0) is 45.5. The largest absolute Gasteiger partial charge is 0.437 e. The van der Waals surface area contributed by atoms with Crippen LogP contribution in [0.5, 0.6) is 0 Å². The van der Waals surface area contributed by atoms with Gasteiger partial charge in [-0.15, -0.1) is 21.7 Å². The minimum atomic E-state index is -3.33. The topological polar surface area (TPSA) is 215 Å². The molecule has 0 radical (unpaired) electrons. The molecule has 4 N–H and O–H groups in total. The number of aromatic amines is 2. The van der Waals surface area contributed by atoms with Gasteiger partial charge in [0.2, 0.25) is 12.7 Å². The van der Waals surface area contributed by atoms with Crippen LogP contribution in [-0.4, -0.2) is 111 Å². The van der Waals surface area contributed by atoms with Crippen molar-refractivity contribution in [2.45, 2.75) is 87.4 Å². The molecule has 2 atom stereocenters. The van der Waals surface area contributed by atoms with Crippen molar-refractivity contribution in [3.63, 3.8) is 0 Å². The minimum Gasteiger partial charge on any atom is -0.268 e. The fraction of sp³-hybridized carbons (Fsp3) is 0.375. The summed E-state index contributed by atoms with van der Waals surface area (Å²) >= 11 is 1.67. The third-order valence-corrected chi connectivity index (χ3v) is 16.6. The number of fused-ring (bicyclic) bond motifs is 4. The first-order valence-electron chi connectivity index (χ1n) is 22.3. The number of hydrogen-bond acceptors (Lipinski definition) is 11. The van der Waals surface area contributed by atoms with Gasteiger partial charge < -0.3 is 0 Å². The first-order valence-corrected chi connectivity index (χ1v) is 25.4. The number of nitrogens with one attached hydrogen (secondary N) is 4. The number of amides is 4. The summed E-state index contributed by atoms with van der Waals surface area (Å²) in [7, 11) is -3.33. The van der Waals surface area contributed by atoms with Gasteiger partial charge in [-0.2, -0.15) is 19.3 Å². The van der Waals surface area contributed by atoms with E-state index in [2.05, 4.69) is 47.1 Å². The second-order valence-electron chi connectivity index (χ2n) is 19.1. The molecule has 16 nitrogen and oxygen atoms in total. The van der Waals surface area contributed by atoms with E-state index in [0.717, 1.165) is 90.4 Å². The lowest BCUT2D eigenvalue weighted by Gasteiger charge is -2.56. The fourth-order valence-corrected chi connectivity index (χ4v) is 12.6. The van der Waals surface area contributed by atoms with Gasteiger partial charge in [0.15, 0.2) is 33.3 Å². The van der Waals surface area contributed by atoms with Crippen LogP contribution < -0.4 is 21.8 Å². The molecule has 336 valence electrons. The molecule has 4 heterocycles. The predicted molar refractivity (Wildman–Crippen MR) is 255 cm³/mol. The number of urea groups is 2. The van der Waals surface area contributed by atoms with E-state index in [-0.39, 0.29) is 57.7 Å². The summed E-state index contributed by atoms with van der Waals surface area (Å²) in [6, 6.07) is 14.8. The molecule has 2 spiro atoms. The molecule has 66 heavy (non-hydrogen) atoms. The molecule has 2 aromatic heterocycles. The number of allylic oxidation sites excluding steroid dienone is 2. The number of rotatable bonds is 6. The lowest BCUT2D eigenvalue weighted by Crippen LogP contribution is -2.57. The molecular formula is C48H48N10O6S2+2. The number of thioether (sulfide) groups is 1. The summed E-state index contributed by atoms with van der Waals surface area (Å²) in [5.41, 5.74) is 3.62. The molecule has 4 aromatic rings. The Balaban J connectivity index is 0.000000146. The second-order valence-corrected chi connectivity index (χ2v) is 22.0. The lowest BCUT2D eigenvalue weighted by molar-refractivity contribution is -0.432. The Kier molecular flexibility index (Phi) is 10.2. The second kappa shape index (κ2) is 15.9. The van der Waals surface area contributed by atoms with Gasteiger partial charge in [-0.25, -0.2) is 28.2 Å². The molecule has 4 saturated carbocycles. The van der Waals surface area contributed by atoms with Crippen LogP contribution in [-0.2, 0) is 9.84 Å². The van der Waals surface area contributed by atoms with Gasteiger partial charge in [0.05, 0.1) is 39.1 Å². The number of carbonyl (C=O) groups is 2. The zero-order valence-corrected chi connectivity index (χ0v) is 37.9. The van der Waals surface area contributed by atoms with Crippen molar-refractivity contribution in [1.82, 2.24) is 31.0 Å². The Labute approximate surface area is 383 Å². The highest BCUT2D eigenvalue weighted by Crippen LogP contribution is 2.63. The van der Waals surface area contributed by atoms with Gasteiger partial charge in [-0.3, -0.25) is 20.2 Å². The zero-order valence-electron chi connectivity index (χ0n) is 36.3. The average Bonchev–Trinajstić information content (AvgIpc) is 3.90. The van der Waals surface area contributed by atoms with Crippen molar-refractivity contribution in [1.29, 1.82) is 0 Å². The third-order valence-electron chi connectivity index (χ3n) is 14.8. The molecule has 6 aliphatic carbocycles. The number of hydrogen-bond donors (Lipinski definition) is 4. The quantitative estimate of drug-likeness (QED) is 0.183. The number of benzene rings is 2. The maximum Gasteiger partial charge on any atom is 0.437 e. The molecule has 2 unspecified atom stereocenters. The molecule has 4 amide bonds. The monoisotopic (exact) mass is 924 g/mol. The van der Waals surface area contributed by atoms with Crippen LogP contribution in [0.15, 0.2) is 114 Å². The van der Waals surface area contributed by atoms with Crippen LogP contribution in [0.1, 0.15) is 74.6 Å². The minimum absolute atomic E-state index is 0.0802. The SMILES string of the molecule is CS(=O)(=O)C1=CC2=NC=[N+](C(=O)NC3CC4(C3)CC(c3n[nH]c(=O)c5ccccc35)C4)C2C=C1.CSC1=CC2=NC=[N+](C(=O)NC3CC4(C3)CC(c3n[nH]c(=O)c5ccccc35)C4)C2C=C1. The summed E-state index contributed by atoms with van der Waals surface area (Å²) in [5.74, 6) is 0.672. The summed E-state index contributed by atoms with van der Waals surface area (Å²) < 4.78 is 26.7. The summed E-state index contributed by atoms with van der Waals surface area (Å²) in [6.45, 7) is 0. The van der Waals surface area contributed by atoms with Crippen LogP contribution in [0.2, 0.25) is 0 Å². The first kappa shape index (κ1) is 42.2. The summed E-state index contributed by atoms with van der Waals surface area (Å²) in [5, 5.41) is 23.6. The van der Waals surface area contributed by atoms with E-state index in [1.165, 1.54) is 23.1 Å². The Morgan fingerprint density at radius 3 is 1.56 bits per heavy atom. The molecule has 0 saturated heterocycles. The van der Waals surface area contributed by atoms with Crippen LogP contribution in [0.25, 0.3) is 21.5 Å². The predicted octanol–water partition coefficient (Wildman–Crippen LogP) is 5.36. The Morgan fingerprint density at radius 1 is 0.667 bits per heavy atom. The molecule has 8 aliphatic rings. The van der Waals surface area contributed by atoms with E-state index in [4.69, 9.17) is 0 Å². The van der Waals surface area contributed by atoms with E-state index in [9.17, 15) is 27.6 Å². The van der Waals surface area contributed by atoms with Crippen molar-refractivity contribution >= 4 is 79.3 Å². The van der Waals surface area contributed by atoms with E-state index < -0.39 is 9.84 Å². The van der Waals surface area contributed by atoms with Gasteiger partial charge in [-0.1, -0.05) is 36.4 Å². The van der Waals surface area contributed by atoms with Crippen molar-refractivity contribution in [2.24, 2.45) is 20.8 Å². The Bertz CT molecular complexity index is 3260. The van der Waals surface area contributed by atoms with Crippen LogP contribution in [0.3, 0.4) is 0 Å². The van der Waals surface area contributed by atoms with E-state index >= 15 is 0 Å². The van der Waals surface area contributed by atoms with Crippen LogP contribution in [0, 0.1) is 10.8 Å². The van der Waals surface area contributed by atoms with Gasteiger partial charge in [0.25, 0.3) is 11.1 Å². The summed E-state index contributed by atoms with van der Waals surface area (Å²) in [4.78, 5) is 59.8. The van der Waals surface area contributed by atoms with Crippen molar-refractivity contribution in [3.05, 3.63) is 127 Å². The maximum atomic E-state index is 12.9. The van der Waals surface area contributed by atoms with Gasteiger partial charge in [0.1, 0.15) is 0 Å². The molecule has 2 aromatic carbocycles. The summed E-state index contributed by atoms with van der Waals surface area (Å²) in [6.07, 6.45) is 25.1. The average molecular weight is 925 g/mol. The standard InChI is InChI=1S/C24H23N5O4S.C24H23N5O2S/c1-34(32,33)16-6-7-20-19(8-16)25-13-29(20)23(31)26-15-11-24(12-15)9-14(10-24)21-17-4-2-3-5-18(17)22(30)28-27-21;1-32-16-6-7-20-19(8-16)25-13-29(20)23(31)26-15-11-24(12-15)9-14(10-24)21-17-4-2-3-5-18(17)22(30)28-27-21/h2-8,13-15,20H,9-12H2,1H3,(H-,26,28,30,31);2-8,13-15,20H,9-12H2,1H3,(H-,26,28,30,31)/p+2. The highest BCUT2D eigenvalue weighted by molar-refractivity contribution is 8.02. The number of carbonyl (C=O) groups excluding carboxylic acids is 2. The van der Waals surface area contributed by atoms with Crippen molar-refractivity contribution in [3.8, 4) is 0 Å². The van der Waals surface area contributed by atoms with Gasteiger partial charge in [-0.05, 0) is 117 Å². The van der Waals surface area contributed by atoms with Gasteiger partial charge in [0, 0.05) is 33.8 Å². The van der Waals surface area contributed by atoms with E-state index in [0.29, 0.717) is 33.7 Å². The lowest BCUT2D eigenvalue weighted by atomic mass is 9.49. The van der Waals surface area contributed by atoms with E-state index in [1.807, 2.05) is 66.9 Å². The number of nitrogens with zero attached hydrogens (tertiary/aromatic N) is 6. The van der Waals surface area contributed by atoms with Crippen LogP contribution >= 0.6 is 11.8 Å². The highest BCUT2D eigenvalue weighted by Gasteiger charge is 2.57. The smallest absolute Gasteiger partial charge is 0.268 e. The molecule has 0 bridgehead atoms. The molecule has 12 rings (SSSR count). The maximum absolute atomic E-state index is 12.9. The Hall–Kier alpha value is -6.40. The molecular weight excluding hydrogens is 877 g/mol. The molecule has 4 fully saturated rings. The van der Waals surface area contributed by atoms with Crippen molar-refractivity contribution in [2.75, 3.05) is 12.5 Å². The van der Waals surface area contributed by atoms with Crippen LogP contribution in [0.4, 0.5) is 9.59 Å². The third kappa shape index (κ3) is 7.43. The normalized spacial score (nSPS) is 29.8. The van der Waals surface area contributed by atoms with E-state index in [1.54, 1.807) is 28.8 Å².